The second-order valence-electron chi connectivity index (χ2n) is 11.3. The lowest BCUT2D eigenvalue weighted by Gasteiger charge is -2.40. The summed E-state index contributed by atoms with van der Waals surface area (Å²) in [6.45, 7) is 13.1. The van der Waals surface area contributed by atoms with E-state index in [0.717, 1.165) is 65.1 Å². The van der Waals surface area contributed by atoms with Crippen LogP contribution in [0.25, 0.3) is 0 Å². The van der Waals surface area contributed by atoms with Crippen molar-refractivity contribution >= 4 is 0 Å². The minimum Gasteiger partial charge on any atom is -0.365 e. The average molecular weight is 461 g/mol. The molecular formula is C30H40N2O2. The molecule has 4 nitrogen and oxygen atoms in total. The van der Waals surface area contributed by atoms with Gasteiger partial charge in [0.2, 0.25) is 0 Å². The average Bonchev–Trinajstić information content (AvgIpc) is 3.37. The van der Waals surface area contributed by atoms with Gasteiger partial charge >= 0.3 is 0 Å². The Bertz CT molecular complexity index is 949. The highest BCUT2D eigenvalue weighted by Gasteiger charge is 2.43. The molecule has 182 valence electrons. The van der Waals surface area contributed by atoms with Crippen molar-refractivity contribution in [1.29, 1.82) is 0 Å². The van der Waals surface area contributed by atoms with Crippen molar-refractivity contribution < 1.29 is 9.47 Å². The fraction of sp³-hybridized carbons (Fsp3) is 0.600. The zero-order chi connectivity index (χ0) is 23.2. The Labute approximate surface area is 205 Å². The third-order valence-corrected chi connectivity index (χ3v) is 9.04. The molecule has 4 aliphatic rings. The van der Waals surface area contributed by atoms with Gasteiger partial charge in [-0.1, -0.05) is 47.5 Å². The molecule has 0 radical (unpaired) electrons. The summed E-state index contributed by atoms with van der Waals surface area (Å²) in [5.41, 5.74) is 8.42. The van der Waals surface area contributed by atoms with E-state index in [0.29, 0.717) is 0 Å². The largest absolute Gasteiger partial charge is 0.365 e. The first-order chi connectivity index (χ1) is 16.6. The van der Waals surface area contributed by atoms with Gasteiger partial charge in [0, 0.05) is 26.2 Å². The SMILES string of the molecule is Cc1ccc2c(c1)COC21CCN(CCCCN2CCC3(CC2)OCc2cc(C)ccc23)CC1. The molecule has 34 heavy (non-hydrogen) atoms. The Morgan fingerprint density at radius 3 is 1.47 bits per heavy atom. The fourth-order valence-corrected chi connectivity index (χ4v) is 6.93. The van der Waals surface area contributed by atoms with Crippen molar-refractivity contribution in [3.8, 4) is 0 Å². The lowest BCUT2D eigenvalue weighted by Crippen LogP contribution is -2.43. The summed E-state index contributed by atoms with van der Waals surface area (Å²) in [5, 5.41) is 0. The standard InChI is InChI=1S/C30H40N2O2/c1-23-5-7-27-25(19-23)21-33-29(27)9-15-31(16-10-29)13-3-4-14-32-17-11-30(12-18-32)28-8-6-24(2)20-26(28)22-34-30/h5-8,19-20H,3-4,9-18,21-22H2,1-2H3. The van der Waals surface area contributed by atoms with Crippen LogP contribution in [0.3, 0.4) is 0 Å². The van der Waals surface area contributed by atoms with E-state index in [1.165, 1.54) is 59.3 Å². The molecule has 0 N–H and O–H groups in total. The Morgan fingerprint density at radius 2 is 1.06 bits per heavy atom. The van der Waals surface area contributed by atoms with Gasteiger partial charge < -0.3 is 19.3 Å². The van der Waals surface area contributed by atoms with Crippen LogP contribution >= 0.6 is 0 Å². The van der Waals surface area contributed by atoms with E-state index >= 15 is 0 Å². The maximum atomic E-state index is 6.38. The van der Waals surface area contributed by atoms with Crippen molar-refractivity contribution in [3.63, 3.8) is 0 Å². The number of hydrogen-bond acceptors (Lipinski definition) is 4. The maximum Gasteiger partial charge on any atom is 0.0963 e. The Kier molecular flexibility index (Phi) is 6.05. The summed E-state index contributed by atoms with van der Waals surface area (Å²) in [7, 11) is 0. The number of unbranched alkanes of at least 4 members (excludes halogenated alkanes) is 1. The van der Waals surface area contributed by atoms with Crippen molar-refractivity contribution in [2.24, 2.45) is 0 Å². The Hall–Kier alpha value is -1.72. The molecule has 4 aliphatic heterocycles. The van der Waals surface area contributed by atoms with Crippen molar-refractivity contribution in [2.45, 2.75) is 76.8 Å². The van der Waals surface area contributed by atoms with Crippen LogP contribution in [0.5, 0.6) is 0 Å². The zero-order valence-corrected chi connectivity index (χ0v) is 21.1. The van der Waals surface area contributed by atoms with Crippen LogP contribution in [-0.2, 0) is 33.9 Å². The number of benzene rings is 2. The molecule has 2 aromatic rings. The summed E-state index contributed by atoms with van der Waals surface area (Å²) < 4.78 is 12.8. The van der Waals surface area contributed by atoms with Gasteiger partial charge in [-0.25, -0.2) is 0 Å². The van der Waals surface area contributed by atoms with Crippen LogP contribution in [0.4, 0.5) is 0 Å². The highest BCUT2D eigenvalue weighted by atomic mass is 16.5. The van der Waals surface area contributed by atoms with Gasteiger partial charge in [-0.05, 0) is 87.7 Å². The van der Waals surface area contributed by atoms with E-state index in [1.807, 2.05) is 0 Å². The first kappa shape index (κ1) is 22.7. The van der Waals surface area contributed by atoms with Gasteiger partial charge in [0.25, 0.3) is 0 Å². The molecule has 2 aromatic carbocycles. The topological polar surface area (TPSA) is 24.9 Å². The highest BCUT2D eigenvalue weighted by Crippen LogP contribution is 2.45. The van der Waals surface area contributed by atoms with Crippen LogP contribution in [0.2, 0.25) is 0 Å². The number of ether oxygens (including phenoxy) is 2. The fourth-order valence-electron chi connectivity index (χ4n) is 6.93. The van der Waals surface area contributed by atoms with Gasteiger partial charge in [0.15, 0.2) is 0 Å². The lowest BCUT2D eigenvalue weighted by molar-refractivity contribution is -0.0805. The van der Waals surface area contributed by atoms with E-state index in [1.54, 1.807) is 0 Å². The summed E-state index contributed by atoms with van der Waals surface area (Å²) in [6.07, 6.45) is 7.14. The molecule has 0 aromatic heterocycles. The van der Waals surface area contributed by atoms with Gasteiger partial charge in [0.1, 0.15) is 0 Å². The quantitative estimate of drug-likeness (QED) is 0.556. The molecule has 0 unspecified atom stereocenters. The lowest BCUT2D eigenvalue weighted by atomic mass is 9.83. The van der Waals surface area contributed by atoms with Crippen LogP contribution in [0.1, 0.15) is 71.9 Å². The first-order valence-corrected chi connectivity index (χ1v) is 13.5. The number of fused-ring (bicyclic) bond motifs is 4. The number of piperidine rings is 2. The Balaban J connectivity index is 0.929. The number of likely N-dealkylation sites (tertiary alicyclic amines) is 2. The summed E-state index contributed by atoms with van der Waals surface area (Å²) in [4.78, 5) is 5.33. The molecule has 0 bridgehead atoms. The van der Waals surface area contributed by atoms with Crippen LogP contribution in [-0.4, -0.2) is 49.1 Å². The molecule has 2 fully saturated rings. The van der Waals surface area contributed by atoms with Gasteiger partial charge in [0.05, 0.1) is 24.4 Å². The molecule has 4 heterocycles. The van der Waals surface area contributed by atoms with Crippen molar-refractivity contribution in [2.75, 3.05) is 39.3 Å². The van der Waals surface area contributed by atoms with E-state index in [9.17, 15) is 0 Å². The third kappa shape index (κ3) is 4.13. The molecule has 0 aliphatic carbocycles. The molecule has 2 spiro atoms. The van der Waals surface area contributed by atoms with E-state index < -0.39 is 0 Å². The summed E-state index contributed by atoms with van der Waals surface area (Å²) in [6, 6.07) is 13.8. The predicted octanol–water partition coefficient (Wildman–Crippen LogP) is 5.43. The zero-order valence-electron chi connectivity index (χ0n) is 21.1. The van der Waals surface area contributed by atoms with Crippen LogP contribution in [0.15, 0.2) is 36.4 Å². The molecular weight excluding hydrogens is 420 g/mol. The van der Waals surface area contributed by atoms with Gasteiger partial charge in [-0.3, -0.25) is 0 Å². The molecule has 4 heteroatoms. The number of hydrogen-bond donors (Lipinski definition) is 0. The highest BCUT2D eigenvalue weighted by molar-refractivity contribution is 5.39. The van der Waals surface area contributed by atoms with E-state index in [2.05, 4.69) is 60.0 Å². The van der Waals surface area contributed by atoms with Gasteiger partial charge in [-0.15, -0.1) is 0 Å². The number of nitrogens with zero attached hydrogens (tertiary/aromatic N) is 2. The number of aryl methyl sites for hydroxylation is 2. The molecule has 0 saturated carbocycles. The minimum atomic E-state index is -0.0110. The molecule has 2 saturated heterocycles. The second kappa shape index (κ2) is 9.05. The smallest absolute Gasteiger partial charge is 0.0963 e. The minimum absolute atomic E-state index is 0.0110. The monoisotopic (exact) mass is 460 g/mol. The van der Waals surface area contributed by atoms with Crippen LogP contribution in [0, 0.1) is 13.8 Å². The summed E-state index contributed by atoms with van der Waals surface area (Å²) >= 11 is 0. The number of rotatable bonds is 5. The normalized spacial score (nSPS) is 23.5. The third-order valence-electron chi connectivity index (χ3n) is 9.04. The second-order valence-corrected chi connectivity index (χ2v) is 11.3. The first-order valence-electron chi connectivity index (χ1n) is 13.5. The Morgan fingerprint density at radius 1 is 0.647 bits per heavy atom. The van der Waals surface area contributed by atoms with Crippen molar-refractivity contribution in [1.82, 2.24) is 9.80 Å². The van der Waals surface area contributed by atoms with E-state index in [4.69, 9.17) is 9.47 Å². The molecule has 6 rings (SSSR count). The molecule has 0 atom stereocenters. The van der Waals surface area contributed by atoms with Gasteiger partial charge in [-0.2, -0.15) is 0 Å². The summed E-state index contributed by atoms with van der Waals surface area (Å²) in [5.74, 6) is 0. The van der Waals surface area contributed by atoms with E-state index in [-0.39, 0.29) is 11.2 Å². The maximum absolute atomic E-state index is 6.38. The predicted molar refractivity (Wildman–Crippen MR) is 136 cm³/mol. The van der Waals surface area contributed by atoms with Crippen LogP contribution < -0.4 is 0 Å². The van der Waals surface area contributed by atoms with Crippen molar-refractivity contribution in [3.05, 3.63) is 69.8 Å². The molecule has 0 amide bonds.